The van der Waals surface area contributed by atoms with Gasteiger partial charge in [0.05, 0.1) is 22.3 Å². The Morgan fingerprint density at radius 3 is 2.08 bits per heavy atom. The highest BCUT2D eigenvalue weighted by molar-refractivity contribution is 8.00. The number of carbonyl (C=O) groups excluding carboxylic acids is 3. The molecule has 5 rings (SSSR count). The molecule has 0 saturated carbocycles. The Bertz CT molecular complexity index is 1520. The fraction of sp³-hybridized carbons (Fsp3) is 0.0645. The molecule has 39 heavy (non-hydrogen) atoms. The highest BCUT2D eigenvalue weighted by Gasteiger charge is 2.40. The topological polar surface area (TPSA) is 91.2 Å². The van der Waals surface area contributed by atoms with Gasteiger partial charge in [-0.1, -0.05) is 48.5 Å². The first-order valence-electron chi connectivity index (χ1n) is 12.3. The van der Waals surface area contributed by atoms with Crippen molar-refractivity contribution in [3.8, 4) is 0 Å². The van der Waals surface area contributed by atoms with E-state index in [-0.39, 0.29) is 24.1 Å². The zero-order valence-corrected chi connectivity index (χ0v) is 21.6. The Balaban J connectivity index is 1.17. The molecular formula is C31H24N4O3S. The van der Waals surface area contributed by atoms with E-state index in [1.54, 1.807) is 42.5 Å². The smallest absolute Gasteiger partial charge is 0.248 e. The maximum atomic E-state index is 13.1. The number of hydrogen-bond donors (Lipinski definition) is 1. The SMILES string of the molecule is O=C(/C=C/c1ccccc1)Nc1ccc(SC2CC(=O)N(c3ccc(N=Nc4ccccc4)cc3)C2=O)cc1. The van der Waals surface area contributed by atoms with E-state index in [1.165, 1.54) is 22.7 Å². The summed E-state index contributed by atoms with van der Waals surface area (Å²) in [4.78, 5) is 40.1. The van der Waals surface area contributed by atoms with Crippen molar-refractivity contribution in [1.82, 2.24) is 0 Å². The second-order valence-electron chi connectivity index (χ2n) is 8.69. The number of rotatable bonds is 8. The van der Waals surface area contributed by atoms with E-state index in [1.807, 2.05) is 72.8 Å². The standard InChI is InChI=1S/C31H24N4O3S/c36-29(20-11-22-7-3-1-4-8-22)32-23-14-18-27(19-15-23)39-28-21-30(37)35(31(28)38)26-16-12-25(13-17-26)34-33-24-9-5-2-6-10-24/h1-20,28H,21H2,(H,32,36)/b20-11+,34-33?. The van der Waals surface area contributed by atoms with Gasteiger partial charge >= 0.3 is 0 Å². The summed E-state index contributed by atoms with van der Waals surface area (Å²) >= 11 is 1.33. The lowest BCUT2D eigenvalue weighted by molar-refractivity contribution is -0.121. The van der Waals surface area contributed by atoms with Crippen molar-refractivity contribution in [1.29, 1.82) is 0 Å². The number of hydrogen-bond acceptors (Lipinski definition) is 6. The van der Waals surface area contributed by atoms with Crippen molar-refractivity contribution in [3.63, 3.8) is 0 Å². The molecule has 0 aliphatic carbocycles. The van der Waals surface area contributed by atoms with Crippen LogP contribution in [0.2, 0.25) is 0 Å². The quantitative estimate of drug-likeness (QED) is 0.148. The largest absolute Gasteiger partial charge is 0.323 e. The minimum Gasteiger partial charge on any atom is -0.323 e. The van der Waals surface area contributed by atoms with Gasteiger partial charge in [-0.2, -0.15) is 10.2 Å². The Morgan fingerprint density at radius 1 is 0.795 bits per heavy atom. The van der Waals surface area contributed by atoms with E-state index in [9.17, 15) is 14.4 Å². The number of anilines is 2. The maximum absolute atomic E-state index is 13.1. The third-order valence-electron chi connectivity index (χ3n) is 5.88. The van der Waals surface area contributed by atoms with Crippen LogP contribution >= 0.6 is 11.8 Å². The Labute approximate surface area is 230 Å². The van der Waals surface area contributed by atoms with E-state index < -0.39 is 5.25 Å². The summed E-state index contributed by atoms with van der Waals surface area (Å²) in [5.41, 5.74) is 3.45. The van der Waals surface area contributed by atoms with Crippen LogP contribution in [0.4, 0.5) is 22.7 Å². The van der Waals surface area contributed by atoms with Crippen LogP contribution in [0.15, 0.2) is 130 Å². The molecule has 8 heteroatoms. The van der Waals surface area contributed by atoms with E-state index in [2.05, 4.69) is 15.5 Å². The summed E-state index contributed by atoms with van der Waals surface area (Å²) in [6.45, 7) is 0. The van der Waals surface area contributed by atoms with Crippen LogP contribution in [-0.2, 0) is 14.4 Å². The van der Waals surface area contributed by atoms with Crippen molar-refractivity contribution < 1.29 is 14.4 Å². The number of benzene rings is 4. The average molecular weight is 533 g/mol. The van der Waals surface area contributed by atoms with Crippen molar-refractivity contribution in [3.05, 3.63) is 121 Å². The summed E-state index contributed by atoms with van der Waals surface area (Å²) in [5.74, 6) is -0.739. The lowest BCUT2D eigenvalue weighted by Gasteiger charge is -2.15. The van der Waals surface area contributed by atoms with Crippen molar-refractivity contribution in [2.24, 2.45) is 10.2 Å². The second-order valence-corrected chi connectivity index (χ2v) is 9.96. The molecule has 192 valence electrons. The van der Waals surface area contributed by atoms with Gasteiger partial charge in [-0.3, -0.25) is 14.4 Å². The van der Waals surface area contributed by atoms with Gasteiger partial charge in [0.15, 0.2) is 0 Å². The molecule has 3 amide bonds. The lowest BCUT2D eigenvalue weighted by Crippen LogP contribution is -2.30. The molecular weight excluding hydrogens is 508 g/mol. The fourth-order valence-corrected chi connectivity index (χ4v) is 5.00. The number of azo groups is 1. The average Bonchev–Trinajstić information content (AvgIpc) is 3.25. The van der Waals surface area contributed by atoms with Gasteiger partial charge in [-0.15, -0.1) is 11.8 Å². The van der Waals surface area contributed by atoms with E-state index in [0.717, 1.165) is 16.1 Å². The molecule has 4 aromatic rings. The van der Waals surface area contributed by atoms with Crippen molar-refractivity contribution in [2.45, 2.75) is 16.6 Å². The molecule has 1 N–H and O–H groups in total. The Hall–Kier alpha value is -4.82. The van der Waals surface area contributed by atoms with Gasteiger partial charge in [0, 0.05) is 23.1 Å². The summed E-state index contributed by atoms with van der Waals surface area (Å²) < 4.78 is 0. The number of nitrogens with zero attached hydrogens (tertiary/aromatic N) is 3. The van der Waals surface area contributed by atoms with Crippen LogP contribution in [0.3, 0.4) is 0 Å². The summed E-state index contributed by atoms with van der Waals surface area (Å²) in [6, 6.07) is 33.0. The first-order chi connectivity index (χ1) is 19.0. The van der Waals surface area contributed by atoms with Crippen LogP contribution in [0.1, 0.15) is 12.0 Å². The van der Waals surface area contributed by atoms with E-state index >= 15 is 0 Å². The number of nitrogens with one attached hydrogen (secondary N) is 1. The molecule has 4 aromatic carbocycles. The molecule has 0 spiro atoms. The molecule has 0 radical (unpaired) electrons. The highest BCUT2D eigenvalue weighted by Crippen LogP contribution is 2.35. The molecule has 1 aliphatic rings. The zero-order chi connectivity index (χ0) is 27.0. The summed E-state index contributed by atoms with van der Waals surface area (Å²) in [5, 5.41) is 10.7. The predicted molar refractivity (Wildman–Crippen MR) is 154 cm³/mol. The molecule has 7 nitrogen and oxygen atoms in total. The van der Waals surface area contributed by atoms with Crippen LogP contribution in [-0.4, -0.2) is 23.0 Å². The first-order valence-corrected chi connectivity index (χ1v) is 13.2. The molecule has 0 bridgehead atoms. The predicted octanol–water partition coefficient (Wildman–Crippen LogP) is 7.18. The summed E-state index contributed by atoms with van der Waals surface area (Å²) in [7, 11) is 0. The lowest BCUT2D eigenvalue weighted by atomic mass is 10.2. The van der Waals surface area contributed by atoms with Crippen LogP contribution in [0.5, 0.6) is 0 Å². The van der Waals surface area contributed by atoms with E-state index in [0.29, 0.717) is 17.1 Å². The van der Waals surface area contributed by atoms with Gasteiger partial charge in [-0.05, 0) is 72.3 Å². The number of thioether (sulfide) groups is 1. The second kappa shape index (κ2) is 12.1. The van der Waals surface area contributed by atoms with Gasteiger partial charge in [0.25, 0.3) is 0 Å². The van der Waals surface area contributed by atoms with Crippen LogP contribution in [0.25, 0.3) is 6.08 Å². The number of carbonyl (C=O) groups is 3. The van der Waals surface area contributed by atoms with Gasteiger partial charge in [0.2, 0.25) is 17.7 Å². The Morgan fingerprint density at radius 2 is 1.41 bits per heavy atom. The molecule has 1 fully saturated rings. The van der Waals surface area contributed by atoms with Crippen LogP contribution < -0.4 is 10.2 Å². The third kappa shape index (κ3) is 6.74. The monoisotopic (exact) mass is 532 g/mol. The third-order valence-corrected chi connectivity index (χ3v) is 7.07. The minimum atomic E-state index is -0.524. The molecule has 1 unspecified atom stereocenters. The van der Waals surface area contributed by atoms with Crippen molar-refractivity contribution in [2.75, 3.05) is 10.2 Å². The number of amides is 3. The van der Waals surface area contributed by atoms with Gasteiger partial charge in [-0.25, -0.2) is 4.90 Å². The summed E-state index contributed by atoms with van der Waals surface area (Å²) in [6.07, 6.45) is 3.34. The fourth-order valence-electron chi connectivity index (χ4n) is 3.95. The molecule has 1 atom stereocenters. The van der Waals surface area contributed by atoms with Crippen LogP contribution in [0, 0.1) is 0 Å². The first kappa shape index (κ1) is 25.8. The van der Waals surface area contributed by atoms with Crippen molar-refractivity contribution >= 4 is 58.3 Å². The normalized spacial score (nSPS) is 15.4. The van der Waals surface area contributed by atoms with Gasteiger partial charge in [0.1, 0.15) is 0 Å². The molecule has 1 heterocycles. The molecule has 1 aliphatic heterocycles. The zero-order valence-electron chi connectivity index (χ0n) is 20.8. The molecule has 0 aromatic heterocycles. The van der Waals surface area contributed by atoms with Gasteiger partial charge < -0.3 is 5.32 Å². The number of imide groups is 1. The Kier molecular flexibility index (Phi) is 8.04. The molecule has 1 saturated heterocycles. The van der Waals surface area contributed by atoms with E-state index in [4.69, 9.17) is 0 Å². The maximum Gasteiger partial charge on any atom is 0.248 e. The minimum absolute atomic E-state index is 0.113. The highest BCUT2D eigenvalue weighted by atomic mass is 32.2.